The molecule has 0 aliphatic carbocycles. The van der Waals surface area contributed by atoms with E-state index in [1.165, 1.54) is 7.05 Å². The molecule has 0 saturated carbocycles. The molecule has 0 radical (unpaired) electrons. The Balaban J connectivity index is -0.0000000109. The lowest BCUT2D eigenvalue weighted by molar-refractivity contribution is 0.856. The Morgan fingerprint density at radius 2 is 0.950 bits per heavy atom. The second-order valence-corrected chi connectivity index (χ2v) is 1.22. The number of nitrogens with two attached hydrogens (primary N) is 2. The van der Waals surface area contributed by atoms with Crippen molar-refractivity contribution in [1.29, 1.82) is 0 Å². The van der Waals surface area contributed by atoms with Gasteiger partial charge in [-0.05, 0) is 26.4 Å². The van der Waals surface area contributed by atoms with E-state index in [1.54, 1.807) is 0 Å². The third-order valence-electron chi connectivity index (χ3n) is 0.612. The maximum absolute atomic E-state index is 5.17. The summed E-state index contributed by atoms with van der Waals surface area (Å²) in [5, 5.41) is 0. The third kappa shape index (κ3) is 709. The van der Waals surface area contributed by atoms with Crippen molar-refractivity contribution >= 4 is 0 Å². The molecule has 7 N–H and O–H groups in total. The molecule has 20 heavy (non-hydrogen) atoms. The lowest BCUT2D eigenvalue weighted by Crippen LogP contribution is -1.96. The molecule has 0 rings (SSSR count). The van der Waals surface area contributed by atoms with Crippen LogP contribution in [0.5, 0.6) is 0 Å². The van der Waals surface area contributed by atoms with E-state index in [1.807, 2.05) is 75.3 Å². The highest BCUT2D eigenvalue weighted by Crippen LogP contribution is 1.82. The van der Waals surface area contributed by atoms with Gasteiger partial charge in [0.15, 0.2) is 0 Å². The molecule has 0 atom stereocenters. The quantitative estimate of drug-likeness (QED) is 0.415. The Morgan fingerprint density at radius 1 is 0.750 bits per heavy atom. The summed E-state index contributed by atoms with van der Waals surface area (Å²) in [4.78, 5) is 0. The largest absolute Gasteiger partial charge is 0.344 e. The second-order valence-electron chi connectivity index (χ2n) is 1.22. The van der Waals surface area contributed by atoms with E-state index in [0.29, 0.717) is 0 Å². The van der Waals surface area contributed by atoms with Crippen LogP contribution in [0, 0.1) is 0 Å². The van der Waals surface area contributed by atoms with E-state index in [4.69, 9.17) is 5.73 Å². The van der Waals surface area contributed by atoms with E-state index in [0.717, 1.165) is 19.4 Å². The summed E-state index contributed by atoms with van der Waals surface area (Å²) in [6.45, 7) is 24.3. The molecular weight excluding hydrogens is 246 g/mol. The first-order valence-corrected chi connectivity index (χ1v) is 7.80. The van der Waals surface area contributed by atoms with E-state index in [2.05, 4.69) is 12.3 Å². The Kier molecular flexibility index (Phi) is 1330. The fourth-order valence-electron chi connectivity index (χ4n) is 0.262. The summed E-state index contributed by atoms with van der Waals surface area (Å²) in [5.41, 5.74) is 9.67. The van der Waals surface area contributed by atoms with Gasteiger partial charge in [-0.25, -0.2) is 0 Å². The Hall–Kier alpha value is -0.380. The number of allylic oxidation sites excluding steroid dienone is 1. The number of unbranched alkanes of at least 4 members (excludes halogenated alkanes) is 1. The van der Waals surface area contributed by atoms with Crippen molar-refractivity contribution in [2.75, 3.05) is 13.6 Å². The van der Waals surface area contributed by atoms with Gasteiger partial charge in [-0.2, -0.15) is 0 Å². The highest BCUT2D eigenvalue weighted by atomic mass is 14.5. The van der Waals surface area contributed by atoms with Crippen LogP contribution in [-0.2, 0) is 0 Å². The lowest BCUT2D eigenvalue weighted by atomic mass is 10.3. The van der Waals surface area contributed by atoms with Crippen molar-refractivity contribution in [3.8, 4) is 0 Å². The molecule has 0 bridgehead atoms. The van der Waals surface area contributed by atoms with Gasteiger partial charge in [0, 0.05) is 0 Å². The number of hydrogen-bond donors (Lipinski definition) is 3. The van der Waals surface area contributed by atoms with Crippen LogP contribution in [0.25, 0.3) is 0 Å². The SMILES string of the molecule is C.C=CCCCN.CC.CC.CC.CC.CC.CN.N. The fraction of sp³-hybridized carbons (Fsp3) is 0.882. The maximum atomic E-state index is 5.17. The fourth-order valence-corrected chi connectivity index (χ4v) is 0.262. The third-order valence-corrected chi connectivity index (χ3v) is 0.612. The molecule has 0 spiro atoms. The van der Waals surface area contributed by atoms with E-state index < -0.39 is 0 Å². The minimum Gasteiger partial charge on any atom is -0.344 e. The molecule has 0 aromatic heterocycles. The van der Waals surface area contributed by atoms with Crippen LogP contribution in [-0.4, -0.2) is 13.6 Å². The molecule has 0 aliphatic heterocycles. The Bertz CT molecular complexity index is 41.2. The van der Waals surface area contributed by atoms with Crippen LogP contribution in [0.3, 0.4) is 0 Å². The first-order chi connectivity index (χ1) is 8.91. The molecular formula is C17H53N3. The second kappa shape index (κ2) is 441. The molecule has 0 aliphatic rings. The summed E-state index contributed by atoms with van der Waals surface area (Å²) in [5.74, 6) is 0. The van der Waals surface area contributed by atoms with E-state index >= 15 is 0 Å². The van der Waals surface area contributed by atoms with E-state index in [-0.39, 0.29) is 13.6 Å². The molecule has 0 saturated heterocycles. The van der Waals surface area contributed by atoms with Crippen molar-refractivity contribution in [2.45, 2.75) is 89.5 Å². The van der Waals surface area contributed by atoms with Crippen LogP contribution in [0.4, 0.5) is 0 Å². The normalized spacial score (nSPS) is 4.25. The van der Waals surface area contributed by atoms with Crippen LogP contribution in [0.2, 0.25) is 0 Å². The Morgan fingerprint density at radius 3 is 1.00 bits per heavy atom. The van der Waals surface area contributed by atoms with Crippen LogP contribution < -0.4 is 17.6 Å². The molecule has 0 fully saturated rings. The molecule has 0 aromatic carbocycles. The van der Waals surface area contributed by atoms with Gasteiger partial charge in [-0.1, -0.05) is 82.7 Å². The number of hydrogen-bond acceptors (Lipinski definition) is 3. The molecule has 0 unspecified atom stereocenters. The maximum Gasteiger partial charge on any atom is -0.00743 e. The zero-order chi connectivity index (χ0) is 16.8. The average molecular weight is 300 g/mol. The lowest BCUT2D eigenvalue weighted by Gasteiger charge is -1.82. The minimum absolute atomic E-state index is 0. The topological polar surface area (TPSA) is 87.0 Å². The highest BCUT2D eigenvalue weighted by molar-refractivity contribution is 4.65. The van der Waals surface area contributed by atoms with Crippen molar-refractivity contribution in [2.24, 2.45) is 11.5 Å². The zero-order valence-electron chi connectivity index (χ0n) is 16.3. The van der Waals surface area contributed by atoms with Crippen molar-refractivity contribution in [3.63, 3.8) is 0 Å². The van der Waals surface area contributed by atoms with Gasteiger partial charge in [0.2, 0.25) is 0 Å². The summed E-state index contributed by atoms with van der Waals surface area (Å²) in [6, 6.07) is 0. The van der Waals surface area contributed by atoms with Gasteiger partial charge in [-0.15, -0.1) is 6.58 Å². The van der Waals surface area contributed by atoms with Gasteiger partial charge in [-0.3, -0.25) is 0 Å². The predicted octanol–water partition coefficient (Wildman–Crippen LogP) is 6.42. The molecule has 0 aromatic rings. The molecule has 3 heteroatoms. The summed E-state index contributed by atoms with van der Waals surface area (Å²) in [7, 11) is 1.50. The van der Waals surface area contributed by atoms with Crippen molar-refractivity contribution in [3.05, 3.63) is 12.7 Å². The minimum atomic E-state index is 0. The average Bonchev–Trinajstić information content (AvgIpc) is 2.57. The van der Waals surface area contributed by atoms with Crippen LogP contribution in [0.1, 0.15) is 89.5 Å². The van der Waals surface area contributed by atoms with Gasteiger partial charge in [0.05, 0.1) is 0 Å². The first kappa shape index (κ1) is 60.3. The smallest absolute Gasteiger partial charge is 0.00743 e. The summed E-state index contributed by atoms with van der Waals surface area (Å²) in [6.07, 6.45) is 4.01. The standard InChI is InChI=1S/C5H11N.5C2H6.CH5N.CH4.H3N/c1-2-3-4-5-6;6*1-2;;/h2H,1,3-6H2;5*1-2H3;2H2,1H3;1H4;1H3. The molecule has 0 heterocycles. The van der Waals surface area contributed by atoms with Gasteiger partial charge in [0.1, 0.15) is 0 Å². The Labute approximate surface area is 134 Å². The van der Waals surface area contributed by atoms with Crippen LogP contribution in [0.15, 0.2) is 12.7 Å². The van der Waals surface area contributed by atoms with Crippen molar-refractivity contribution in [1.82, 2.24) is 6.15 Å². The summed E-state index contributed by atoms with van der Waals surface area (Å²) < 4.78 is 0. The zero-order valence-corrected chi connectivity index (χ0v) is 16.3. The highest BCUT2D eigenvalue weighted by Gasteiger charge is 1.71. The van der Waals surface area contributed by atoms with E-state index in [9.17, 15) is 0 Å². The summed E-state index contributed by atoms with van der Waals surface area (Å²) >= 11 is 0. The van der Waals surface area contributed by atoms with Crippen molar-refractivity contribution < 1.29 is 0 Å². The molecule has 136 valence electrons. The molecule has 0 amide bonds. The monoisotopic (exact) mass is 299 g/mol. The van der Waals surface area contributed by atoms with Gasteiger partial charge in [0.25, 0.3) is 0 Å². The first-order valence-electron chi connectivity index (χ1n) is 7.80. The van der Waals surface area contributed by atoms with Gasteiger partial charge < -0.3 is 17.6 Å². The molecule has 3 nitrogen and oxygen atoms in total. The predicted molar refractivity (Wildman–Crippen MR) is 107 cm³/mol. The van der Waals surface area contributed by atoms with Gasteiger partial charge >= 0.3 is 0 Å². The van der Waals surface area contributed by atoms with Crippen LogP contribution >= 0.6 is 0 Å². The number of rotatable bonds is 3.